The van der Waals surface area contributed by atoms with Crippen LogP contribution in [0, 0.1) is 3.57 Å². The van der Waals surface area contributed by atoms with Crippen LogP contribution in [0.1, 0.15) is 18.8 Å². The second-order valence-electron chi connectivity index (χ2n) is 6.94. The molecule has 1 atom stereocenters. The third-order valence-electron chi connectivity index (χ3n) is 4.81. The molecular formula is C21H20IN5O3S. The maximum absolute atomic E-state index is 12.6. The number of para-hydroxylation sites is 2. The van der Waals surface area contributed by atoms with Gasteiger partial charge in [0.1, 0.15) is 5.75 Å². The fourth-order valence-corrected chi connectivity index (χ4v) is 4.63. The van der Waals surface area contributed by atoms with Crippen molar-refractivity contribution in [3.63, 3.8) is 0 Å². The summed E-state index contributed by atoms with van der Waals surface area (Å²) in [5, 5.41) is 12.0. The zero-order chi connectivity index (χ0) is 22.0. The summed E-state index contributed by atoms with van der Waals surface area (Å²) in [7, 11) is 1.84. The first-order valence-electron chi connectivity index (χ1n) is 9.55. The van der Waals surface area contributed by atoms with Gasteiger partial charge in [0.15, 0.2) is 17.6 Å². The fourth-order valence-electron chi connectivity index (χ4n) is 3.37. The number of hydrogen-bond donors (Lipinski definition) is 1. The van der Waals surface area contributed by atoms with E-state index in [9.17, 15) is 9.59 Å². The average molecular weight is 549 g/mol. The SMILES string of the molecule is C[C@@H](c1nnc(SCC(=O)Nc2cccc(I)c2)n1C)N1C(=O)COc2ccccc21. The van der Waals surface area contributed by atoms with Crippen molar-refractivity contribution in [3.05, 3.63) is 57.9 Å². The van der Waals surface area contributed by atoms with Crippen molar-refractivity contribution < 1.29 is 14.3 Å². The molecule has 1 aliphatic rings. The van der Waals surface area contributed by atoms with Crippen molar-refractivity contribution in [2.24, 2.45) is 7.05 Å². The summed E-state index contributed by atoms with van der Waals surface area (Å²) >= 11 is 3.50. The van der Waals surface area contributed by atoms with Crippen LogP contribution in [0.4, 0.5) is 11.4 Å². The summed E-state index contributed by atoms with van der Waals surface area (Å²) in [6.45, 7) is 1.89. The molecule has 4 rings (SSSR count). The zero-order valence-corrected chi connectivity index (χ0v) is 19.9. The quantitative estimate of drug-likeness (QED) is 0.373. The number of amides is 2. The molecule has 0 fully saturated rings. The number of anilines is 2. The molecule has 31 heavy (non-hydrogen) atoms. The van der Waals surface area contributed by atoms with E-state index < -0.39 is 0 Å². The Labute approximate surface area is 197 Å². The van der Waals surface area contributed by atoms with Crippen LogP contribution in [0.5, 0.6) is 5.75 Å². The topological polar surface area (TPSA) is 89.4 Å². The van der Waals surface area contributed by atoms with Crippen molar-refractivity contribution in [2.45, 2.75) is 18.1 Å². The molecule has 0 aliphatic carbocycles. The summed E-state index contributed by atoms with van der Waals surface area (Å²) in [6.07, 6.45) is 0. The minimum atomic E-state index is -0.343. The largest absolute Gasteiger partial charge is 0.482 e. The van der Waals surface area contributed by atoms with E-state index in [1.807, 2.05) is 67.1 Å². The van der Waals surface area contributed by atoms with E-state index >= 15 is 0 Å². The Balaban J connectivity index is 1.46. The van der Waals surface area contributed by atoms with Crippen LogP contribution in [0.2, 0.25) is 0 Å². The number of nitrogens with zero attached hydrogens (tertiary/aromatic N) is 4. The Bertz CT molecular complexity index is 1140. The van der Waals surface area contributed by atoms with Gasteiger partial charge in [0.05, 0.1) is 17.5 Å². The number of fused-ring (bicyclic) bond motifs is 1. The van der Waals surface area contributed by atoms with Gasteiger partial charge in [0, 0.05) is 16.3 Å². The van der Waals surface area contributed by atoms with Crippen LogP contribution in [0.3, 0.4) is 0 Å². The lowest BCUT2D eigenvalue weighted by atomic mass is 10.1. The van der Waals surface area contributed by atoms with Crippen LogP contribution in [-0.4, -0.2) is 38.9 Å². The molecule has 2 heterocycles. The van der Waals surface area contributed by atoms with Gasteiger partial charge >= 0.3 is 0 Å². The van der Waals surface area contributed by atoms with Crippen LogP contribution in [0.25, 0.3) is 0 Å². The summed E-state index contributed by atoms with van der Waals surface area (Å²) < 4.78 is 8.39. The number of halogens is 1. The number of benzene rings is 2. The van der Waals surface area contributed by atoms with Gasteiger partial charge in [-0.15, -0.1) is 10.2 Å². The summed E-state index contributed by atoms with van der Waals surface area (Å²) in [5.74, 6) is 1.23. The van der Waals surface area contributed by atoms with E-state index in [2.05, 4.69) is 38.1 Å². The first-order chi connectivity index (χ1) is 14.9. The molecule has 160 valence electrons. The number of ether oxygens (including phenoxy) is 1. The molecule has 0 saturated carbocycles. The first-order valence-corrected chi connectivity index (χ1v) is 11.6. The molecule has 1 aromatic heterocycles. The summed E-state index contributed by atoms with van der Waals surface area (Å²) in [6, 6.07) is 14.7. The molecule has 8 nitrogen and oxygen atoms in total. The molecule has 0 bridgehead atoms. The normalized spacial score (nSPS) is 14.0. The van der Waals surface area contributed by atoms with E-state index in [1.54, 1.807) is 4.90 Å². The van der Waals surface area contributed by atoms with Crippen molar-refractivity contribution in [2.75, 3.05) is 22.6 Å². The number of hydrogen-bond acceptors (Lipinski definition) is 6. The molecule has 1 N–H and O–H groups in total. The van der Waals surface area contributed by atoms with Crippen LogP contribution < -0.4 is 15.0 Å². The third kappa shape index (κ3) is 4.69. The Morgan fingerprint density at radius 1 is 1.26 bits per heavy atom. The van der Waals surface area contributed by atoms with Gasteiger partial charge < -0.3 is 14.6 Å². The average Bonchev–Trinajstić information content (AvgIpc) is 3.12. The number of thioether (sulfide) groups is 1. The zero-order valence-electron chi connectivity index (χ0n) is 16.9. The van der Waals surface area contributed by atoms with E-state index in [1.165, 1.54) is 11.8 Å². The predicted octanol–water partition coefficient (Wildman–Crippen LogP) is 3.64. The molecular weight excluding hydrogens is 529 g/mol. The maximum Gasteiger partial charge on any atom is 0.265 e. The van der Waals surface area contributed by atoms with E-state index in [-0.39, 0.29) is 30.2 Å². The van der Waals surface area contributed by atoms with Crippen LogP contribution in [0.15, 0.2) is 53.7 Å². The number of aromatic nitrogens is 3. The minimum absolute atomic E-state index is 0.0145. The first kappa shape index (κ1) is 21.6. The highest BCUT2D eigenvalue weighted by Gasteiger charge is 2.32. The predicted molar refractivity (Wildman–Crippen MR) is 127 cm³/mol. The third-order valence-corrected chi connectivity index (χ3v) is 6.51. The number of nitrogens with one attached hydrogen (secondary N) is 1. The van der Waals surface area contributed by atoms with Crippen molar-refractivity contribution >= 4 is 57.5 Å². The number of carbonyl (C=O) groups is 2. The molecule has 10 heteroatoms. The van der Waals surface area contributed by atoms with Crippen LogP contribution >= 0.6 is 34.4 Å². The molecule has 2 aromatic carbocycles. The van der Waals surface area contributed by atoms with Crippen molar-refractivity contribution in [1.82, 2.24) is 14.8 Å². The molecule has 0 unspecified atom stereocenters. The molecule has 2 amide bonds. The number of rotatable bonds is 6. The molecule has 3 aromatic rings. The Kier molecular flexibility index (Phi) is 6.46. The Hall–Kier alpha value is -2.60. The summed E-state index contributed by atoms with van der Waals surface area (Å²) in [5.41, 5.74) is 1.47. The van der Waals surface area contributed by atoms with E-state index in [0.29, 0.717) is 22.4 Å². The van der Waals surface area contributed by atoms with Gasteiger partial charge in [-0.2, -0.15) is 0 Å². The molecule has 0 spiro atoms. The molecule has 0 radical (unpaired) electrons. The maximum atomic E-state index is 12.6. The van der Waals surface area contributed by atoms with E-state index in [0.717, 1.165) is 9.26 Å². The molecule has 1 aliphatic heterocycles. The van der Waals surface area contributed by atoms with Crippen molar-refractivity contribution in [1.29, 1.82) is 0 Å². The summed E-state index contributed by atoms with van der Waals surface area (Å²) in [4.78, 5) is 26.6. The fraction of sp³-hybridized carbons (Fsp3) is 0.238. The van der Waals surface area contributed by atoms with Gasteiger partial charge in [-0.25, -0.2) is 0 Å². The van der Waals surface area contributed by atoms with Gasteiger partial charge in [-0.3, -0.25) is 14.5 Å². The highest BCUT2D eigenvalue weighted by Crippen LogP contribution is 2.37. The lowest BCUT2D eigenvalue weighted by molar-refractivity contribution is -0.121. The highest BCUT2D eigenvalue weighted by molar-refractivity contribution is 14.1. The van der Waals surface area contributed by atoms with Gasteiger partial charge in [0.2, 0.25) is 5.91 Å². The lowest BCUT2D eigenvalue weighted by Crippen LogP contribution is -2.41. The van der Waals surface area contributed by atoms with Gasteiger partial charge in [0.25, 0.3) is 5.91 Å². The smallest absolute Gasteiger partial charge is 0.265 e. The van der Waals surface area contributed by atoms with Gasteiger partial charge in [-0.1, -0.05) is 30.0 Å². The lowest BCUT2D eigenvalue weighted by Gasteiger charge is -2.33. The van der Waals surface area contributed by atoms with E-state index in [4.69, 9.17) is 4.74 Å². The highest BCUT2D eigenvalue weighted by atomic mass is 127. The monoisotopic (exact) mass is 549 g/mol. The standard InChI is InChI=1S/C21H20IN5O3S/c1-13(27-16-8-3-4-9-17(16)30-11-19(27)29)20-24-25-21(26(20)2)31-12-18(28)23-15-7-5-6-14(22)10-15/h3-10,13H,11-12H2,1-2H3,(H,23,28)/t13-/m0/s1. The second kappa shape index (κ2) is 9.27. The Morgan fingerprint density at radius 3 is 2.87 bits per heavy atom. The second-order valence-corrected chi connectivity index (χ2v) is 9.13. The molecule has 0 saturated heterocycles. The minimum Gasteiger partial charge on any atom is -0.482 e. The number of carbonyl (C=O) groups excluding carboxylic acids is 2. The Morgan fingerprint density at radius 2 is 2.06 bits per heavy atom. The van der Waals surface area contributed by atoms with Gasteiger partial charge in [-0.05, 0) is 59.8 Å². The van der Waals surface area contributed by atoms with Crippen LogP contribution in [-0.2, 0) is 16.6 Å². The van der Waals surface area contributed by atoms with Crippen molar-refractivity contribution in [3.8, 4) is 5.75 Å².